The zero-order valence-corrected chi connectivity index (χ0v) is 17.0. The predicted octanol–water partition coefficient (Wildman–Crippen LogP) is 3.34. The minimum absolute atomic E-state index is 0.283. The largest absolute Gasteiger partial charge is 0.493 e. The van der Waals surface area contributed by atoms with Gasteiger partial charge in [0.2, 0.25) is 0 Å². The standard InChI is InChI=1S/C22H31N3O3/c1-4-23-21(25-15-22(3,26)20-6-5-11-27-20)24-13-18-10-7-16(2)12-19(18)28-14-17-8-9-17/h5-7,10-12,17,26H,4,8-9,13-15H2,1-3H3,(H2,23,24,25). The second-order valence-corrected chi connectivity index (χ2v) is 7.67. The third kappa shape index (κ3) is 5.76. The highest BCUT2D eigenvalue weighted by Crippen LogP contribution is 2.31. The molecular formula is C22H31N3O3. The maximum absolute atomic E-state index is 10.6. The molecule has 0 radical (unpaired) electrons. The van der Waals surface area contributed by atoms with Gasteiger partial charge in [0.15, 0.2) is 5.96 Å². The van der Waals surface area contributed by atoms with Crippen molar-refractivity contribution in [3.8, 4) is 5.75 Å². The summed E-state index contributed by atoms with van der Waals surface area (Å²) in [7, 11) is 0. The van der Waals surface area contributed by atoms with E-state index in [1.807, 2.05) is 6.92 Å². The second kappa shape index (κ2) is 9.15. The summed E-state index contributed by atoms with van der Waals surface area (Å²) in [6.45, 7) is 8.09. The Morgan fingerprint density at radius 2 is 2.14 bits per heavy atom. The molecule has 0 aliphatic heterocycles. The summed E-state index contributed by atoms with van der Waals surface area (Å²) in [5.41, 5.74) is 1.11. The van der Waals surface area contributed by atoms with Crippen molar-refractivity contribution in [2.75, 3.05) is 19.7 Å². The Hall–Kier alpha value is -2.47. The summed E-state index contributed by atoms with van der Waals surface area (Å²) in [6, 6.07) is 9.76. The molecule has 1 atom stereocenters. The van der Waals surface area contributed by atoms with Gasteiger partial charge in [0.25, 0.3) is 0 Å². The van der Waals surface area contributed by atoms with E-state index in [1.165, 1.54) is 18.4 Å². The summed E-state index contributed by atoms with van der Waals surface area (Å²) in [6.07, 6.45) is 4.09. The first-order chi connectivity index (χ1) is 13.5. The molecule has 1 unspecified atom stereocenters. The lowest BCUT2D eigenvalue weighted by Gasteiger charge is -2.22. The molecular weight excluding hydrogens is 354 g/mol. The van der Waals surface area contributed by atoms with Crippen LogP contribution in [0.15, 0.2) is 46.0 Å². The van der Waals surface area contributed by atoms with Crippen LogP contribution in [0.5, 0.6) is 5.75 Å². The monoisotopic (exact) mass is 385 g/mol. The summed E-state index contributed by atoms with van der Waals surface area (Å²) in [5, 5.41) is 17.0. The number of aliphatic hydroxyl groups is 1. The Balaban J connectivity index is 1.65. The Kier molecular flexibility index (Phi) is 6.62. The Bertz CT molecular complexity index is 780. The Morgan fingerprint density at radius 3 is 2.82 bits per heavy atom. The number of benzene rings is 1. The highest BCUT2D eigenvalue weighted by Gasteiger charge is 2.26. The molecule has 28 heavy (non-hydrogen) atoms. The first kappa shape index (κ1) is 20.3. The van der Waals surface area contributed by atoms with Crippen molar-refractivity contribution >= 4 is 5.96 Å². The number of aryl methyl sites for hydroxylation is 1. The van der Waals surface area contributed by atoms with Crippen molar-refractivity contribution in [1.29, 1.82) is 0 Å². The van der Waals surface area contributed by atoms with E-state index in [4.69, 9.17) is 9.15 Å². The van der Waals surface area contributed by atoms with Crippen LogP contribution in [0.25, 0.3) is 0 Å². The normalized spacial score (nSPS) is 16.5. The fourth-order valence-electron chi connectivity index (χ4n) is 2.85. The molecule has 3 rings (SSSR count). The lowest BCUT2D eigenvalue weighted by atomic mass is 10.0. The van der Waals surface area contributed by atoms with Crippen LogP contribution >= 0.6 is 0 Å². The molecule has 1 aliphatic rings. The van der Waals surface area contributed by atoms with Gasteiger partial charge >= 0.3 is 0 Å². The Morgan fingerprint density at radius 1 is 1.32 bits per heavy atom. The van der Waals surface area contributed by atoms with Gasteiger partial charge in [-0.3, -0.25) is 0 Å². The Labute approximate surface area is 167 Å². The van der Waals surface area contributed by atoms with Crippen molar-refractivity contribution in [1.82, 2.24) is 10.6 Å². The zero-order chi connectivity index (χ0) is 20.0. The van der Waals surface area contributed by atoms with E-state index in [0.29, 0.717) is 24.2 Å². The van der Waals surface area contributed by atoms with Crippen molar-refractivity contribution in [3.05, 3.63) is 53.5 Å². The lowest BCUT2D eigenvalue weighted by Crippen LogP contribution is -2.44. The van der Waals surface area contributed by atoms with Gasteiger partial charge in [0.1, 0.15) is 17.1 Å². The lowest BCUT2D eigenvalue weighted by molar-refractivity contribution is 0.0386. The highest BCUT2D eigenvalue weighted by molar-refractivity contribution is 5.79. The predicted molar refractivity (Wildman–Crippen MR) is 110 cm³/mol. The molecule has 1 aromatic heterocycles. The van der Waals surface area contributed by atoms with E-state index < -0.39 is 5.60 Å². The molecule has 1 saturated carbocycles. The molecule has 0 amide bonds. The van der Waals surface area contributed by atoms with Gasteiger partial charge < -0.3 is 24.9 Å². The van der Waals surface area contributed by atoms with Crippen molar-refractivity contribution in [3.63, 3.8) is 0 Å². The van der Waals surface area contributed by atoms with Crippen molar-refractivity contribution in [2.24, 2.45) is 10.9 Å². The minimum Gasteiger partial charge on any atom is -0.493 e. The van der Waals surface area contributed by atoms with Gasteiger partial charge in [0.05, 0.1) is 26.0 Å². The molecule has 1 aliphatic carbocycles. The molecule has 0 bridgehead atoms. The maximum Gasteiger partial charge on any atom is 0.191 e. The third-order valence-electron chi connectivity index (χ3n) is 4.80. The molecule has 0 spiro atoms. The van der Waals surface area contributed by atoms with Crippen LogP contribution < -0.4 is 15.4 Å². The van der Waals surface area contributed by atoms with Gasteiger partial charge in [-0.25, -0.2) is 4.99 Å². The molecule has 6 nitrogen and oxygen atoms in total. The third-order valence-corrected chi connectivity index (χ3v) is 4.80. The number of ether oxygens (including phenoxy) is 1. The van der Waals surface area contributed by atoms with Crippen LogP contribution in [0, 0.1) is 12.8 Å². The van der Waals surface area contributed by atoms with Gasteiger partial charge in [-0.1, -0.05) is 12.1 Å². The van der Waals surface area contributed by atoms with E-state index in [0.717, 1.165) is 24.5 Å². The van der Waals surface area contributed by atoms with Crippen LogP contribution in [0.2, 0.25) is 0 Å². The number of furan rings is 1. The molecule has 6 heteroatoms. The average Bonchev–Trinajstić information content (AvgIpc) is 3.32. The zero-order valence-electron chi connectivity index (χ0n) is 17.0. The fraction of sp³-hybridized carbons (Fsp3) is 0.500. The number of rotatable bonds is 9. The van der Waals surface area contributed by atoms with Gasteiger partial charge in [-0.05, 0) is 63.3 Å². The summed E-state index contributed by atoms with van der Waals surface area (Å²) < 4.78 is 11.4. The highest BCUT2D eigenvalue weighted by atomic mass is 16.5. The summed E-state index contributed by atoms with van der Waals surface area (Å²) in [5.74, 6) is 2.78. The minimum atomic E-state index is -1.12. The van der Waals surface area contributed by atoms with Crippen LogP contribution in [0.4, 0.5) is 0 Å². The SMILES string of the molecule is CCNC(=NCc1ccc(C)cc1OCC1CC1)NCC(C)(O)c1ccco1. The quantitative estimate of drug-likeness (QED) is 0.456. The molecule has 0 saturated heterocycles. The molecule has 2 aromatic rings. The maximum atomic E-state index is 10.6. The molecule has 1 aromatic carbocycles. The summed E-state index contributed by atoms with van der Waals surface area (Å²) in [4.78, 5) is 4.67. The topological polar surface area (TPSA) is 79.0 Å². The van der Waals surface area contributed by atoms with Gasteiger partial charge in [0, 0.05) is 12.1 Å². The first-order valence-corrected chi connectivity index (χ1v) is 9.99. The van der Waals surface area contributed by atoms with E-state index in [2.05, 4.69) is 40.7 Å². The van der Waals surface area contributed by atoms with Crippen LogP contribution in [-0.2, 0) is 12.1 Å². The number of hydrogen-bond acceptors (Lipinski definition) is 4. The number of aliphatic imine (C=N–C) groups is 1. The van der Waals surface area contributed by atoms with Crippen LogP contribution in [-0.4, -0.2) is 30.8 Å². The molecule has 1 fully saturated rings. The number of hydrogen-bond donors (Lipinski definition) is 3. The molecule has 3 N–H and O–H groups in total. The number of guanidine groups is 1. The first-order valence-electron chi connectivity index (χ1n) is 9.99. The van der Waals surface area contributed by atoms with Crippen LogP contribution in [0.1, 0.15) is 43.6 Å². The average molecular weight is 386 g/mol. The number of nitrogens with zero attached hydrogens (tertiary/aromatic N) is 1. The van der Waals surface area contributed by atoms with Crippen LogP contribution in [0.3, 0.4) is 0 Å². The van der Waals surface area contributed by atoms with Gasteiger partial charge in [-0.2, -0.15) is 0 Å². The van der Waals surface area contributed by atoms with Gasteiger partial charge in [-0.15, -0.1) is 0 Å². The summed E-state index contributed by atoms with van der Waals surface area (Å²) >= 11 is 0. The van der Waals surface area contributed by atoms with E-state index >= 15 is 0 Å². The van der Waals surface area contributed by atoms with E-state index in [1.54, 1.807) is 25.3 Å². The van der Waals surface area contributed by atoms with E-state index in [9.17, 15) is 5.11 Å². The van der Waals surface area contributed by atoms with Crippen molar-refractivity contribution in [2.45, 2.75) is 45.8 Å². The van der Waals surface area contributed by atoms with E-state index in [-0.39, 0.29) is 6.54 Å². The smallest absolute Gasteiger partial charge is 0.191 e. The number of nitrogens with one attached hydrogen (secondary N) is 2. The molecule has 1 heterocycles. The van der Waals surface area contributed by atoms with Crippen molar-refractivity contribution < 1.29 is 14.3 Å². The molecule has 152 valence electrons. The fourth-order valence-corrected chi connectivity index (χ4v) is 2.85. The second-order valence-electron chi connectivity index (χ2n) is 7.67.